The molecule has 1 rings (SSSR count). The second-order valence-corrected chi connectivity index (χ2v) is 5.73. The zero-order chi connectivity index (χ0) is 10.1. The van der Waals surface area contributed by atoms with Crippen molar-refractivity contribution >= 4 is 42.3 Å². The minimum Gasteiger partial charge on any atom is -0.480 e. The quantitative estimate of drug-likeness (QED) is 0.610. The lowest BCUT2D eigenvalue weighted by atomic mass is 10.5. The lowest BCUT2D eigenvalue weighted by molar-refractivity contribution is 0.384. The molecule has 0 aromatic carbocycles. The third-order valence-corrected chi connectivity index (χ3v) is 3.87. The van der Waals surface area contributed by atoms with E-state index in [0.717, 1.165) is 0 Å². The summed E-state index contributed by atoms with van der Waals surface area (Å²) in [5, 5.41) is 0. The minimum atomic E-state index is -3.80. The summed E-state index contributed by atoms with van der Waals surface area (Å²) in [5.41, 5.74) is 0. The van der Waals surface area contributed by atoms with E-state index >= 15 is 0 Å². The first-order chi connectivity index (χ1) is 5.96. The standard InChI is InChI=1S/C6H5ClINO3S/c1-12-6-5(13(7,10)11)4(8)2-3-9-6/h2-3H,1H3. The van der Waals surface area contributed by atoms with E-state index in [4.69, 9.17) is 15.4 Å². The number of rotatable bonds is 2. The van der Waals surface area contributed by atoms with E-state index in [1.165, 1.54) is 13.3 Å². The van der Waals surface area contributed by atoms with Gasteiger partial charge in [-0.1, -0.05) is 0 Å². The number of hydrogen-bond donors (Lipinski definition) is 0. The normalized spacial score (nSPS) is 11.3. The lowest BCUT2D eigenvalue weighted by Crippen LogP contribution is -2.00. The van der Waals surface area contributed by atoms with Crippen LogP contribution in [0.4, 0.5) is 0 Å². The summed E-state index contributed by atoms with van der Waals surface area (Å²) in [6.45, 7) is 0. The van der Waals surface area contributed by atoms with Crippen LogP contribution in [0.1, 0.15) is 0 Å². The van der Waals surface area contributed by atoms with E-state index < -0.39 is 9.05 Å². The van der Waals surface area contributed by atoms with Crippen molar-refractivity contribution in [1.29, 1.82) is 0 Å². The number of ether oxygens (including phenoxy) is 1. The topological polar surface area (TPSA) is 56.3 Å². The Labute approximate surface area is 93.8 Å². The Morgan fingerprint density at radius 2 is 2.23 bits per heavy atom. The zero-order valence-corrected chi connectivity index (χ0v) is 10.2. The van der Waals surface area contributed by atoms with Gasteiger partial charge >= 0.3 is 0 Å². The Bertz CT molecular complexity index is 420. The van der Waals surface area contributed by atoms with Gasteiger partial charge in [-0.05, 0) is 28.7 Å². The van der Waals surface area contributed by atoms with E-state index in [1.54, 1.807) is 6.07 Å². The van der Waals surface area contributed by atoms with Gasteiger partial charge in [-0.2, -0.15) is 0 Å². The fourth-order valence-electron chi connectivity index (χ4n) is 0.773. The highest BCUT2D eigenvalue weighted by Crippen LogP contribution is 2.28. The molecule has 7 heteroatoms. The van der Waals surface area contributed by atoms with Crippen molar-refractivity contribution in [3.8, 4) is 5.88 Å². The smallest absolute Gasteiger partial charge is 0.267 e. The van der Waals surface area contributed by atoms with Crippen LogP contribution in [0.15, 0.2) is 17.2 Å². The van der Waals surface area contributed by atoms with Gasteiger partial charge in [0.25, 0.3) is 9.05 Å². The van der Waals surface area contributed by atoms with Gasteiger partial charge in [0.15, 0.2) is 4.90 Å². The van der Waals surface area contributed by atoms with Crippen LogP contribution in [0.2, 0.25) is 0 Å². The summed E-state index contributed by atoms with van der Waals surface area (Å²) in [6, 6.07) is 1.54. The molecule has 4 nitrogen and oxygen atoms in total. The van der Waals surface area contributed by atoms with E-state index in [2.05, 4.69) is 4.98 Å². The van der Waals surface area contributed by atoms with Crippen molar-refractivity contribution in [2.45, 2.75) is 4.90 Å². The molecule has 0 unspecified atom stereocenters. The number of methoxy groups -OCH3 is 1. The van der Waals surface area contributed by atoms with Crippen LogP contribution in [0.25, 0.3) is 0 Å². The molecule has 0 aliphatic carbocycles. The van der Waals surface area contributed by atoms with Gasteiger partial charge in [0.1, 0.15) is 0 Å². The van der Waals surface area contributed by atoms with Crippen LogP contribution in [0, 0.1) is 3.57 Å². The number of hydrogen-bond acceptors (Lipinski definition) is 4. The van der Waals surface area contributed by atoms with Crippen LogP contribution in [-0.4, -0.2) is 20.5 Å². The summed E-state index contributed by atoms with van der Waals surface area (Å²) in [4.78, 5) is 3.65. The fraction of sp³-hybridized carbons (Fsp3) is 0.167. The van der Waals surface area contributed by atoms with Gasteiger partial charge in [-0.25, -0.2) is 13.4 Å². The Morgan fingerprint density at radius 1 is 1.62 bits per heavy atom. The Kier molecular flexibility index (Phi) is 3.36. The minimum absolute atomic E-state index is 0.0156. The summed E-state index contributed by atoms with van der Waals surface area (Å²) in [6.07, 6.45) is 1.45. The molecule has 0 fully saturated rings. The largest absolute Gasteiger partial charge is 0.480 e. The van der Waals surface area contributed by atoms with Crippen LogP contribution in [-0.2, 0) is 9.05 Å². The van der Waals surface area contributed by atoms with E-state index in [0.29, 0.717) is 3.57 Å². The molecule has 0 atom stereocenters. The second-order valence-electron chi connectivity index (χ2n) is 2.07. The van der Waals surface area contributed by atoms with E-state index in [9.17, 15) is 8.42 Å². The first kappa shape index (κ1) is 11.0. The molecule has 1 heterocycles. The Balaban J connectivity index is 3.50. The third-order valence-electron chi connectivity index (χ3n) is 1.26. The molecule has 72 valence electrons. The Hall–Kier alpha value is -0.0800. The molecule has 0 aliphatic heterocycles. The summed E-state index contributed by atoms with van der Waals surface area (Å²) in [5.74, 6) is 0.0156. The first-order valence-corrected chi connectivity index (χ1v) is 6.49. The van der Waals surface area contributed by atoms with Crippen LogP contribution in [0.5, 0.6) is 5.88 Å². The van der Waals surface area contributed by atoms with E-state index in [1.807, 2.05) is 22.6 Å². The highest BCUT2D eigenvalue weighted by atomic mass is 127. The molecule has 0 saturated carbocycles. The predicted octanol–water partition coefficient (Wildman–Crippen LogP) is 1.62. The third kappa shape index (κ3) is 2.44. The van der Waals surface area contributed by atoms with Crippen LogP contribution >= 0.6 is 33.3 Å². The molecule has 0 radical (unpaired) electrons. The fourth-order valence-corrected chi connectivity index (χ4v) is 3.52. The maximum Gasteiger partial charge on any atom is 0.267 e. The Morgan fingerprint density at radius 3 is 2.62 bits per heavy atom. The van der Waals surface area contributed by atoms with Gasteiger partial charge in [-0.3, -0.25) is 0 Å². The monoisotopic (exact) mass is 333 g/mol. The SMILES string of the molecule is COc1nccc(I)c1S(=O)(=O)Cl. The highest BCUT2D eigenvalue weighted by molar-refractivity contribution is 14.1. The average Bonchev–Trinajstić information content (AvgIpc) is 2.01. The van der Waals surface area contributed by atoms with Crippen LogP contribution in [0.3, 0.4) is 0 Å². The molecule has 1 aromatic rings. The summed E-state index contributed by atoms with van der Waals surface area (Å²) in [7, 11) is 2.73. The zero-order valence-electron chi connectivity index (χ0n) is 6.49. The van der Waals surface area contributed by atoms with Crippen molar-refractivity contribution in [2.75, 3.05) is 7.11 Å². The van der Waals surface area contributed by atoms with Gasteiger partial charge < -0.3 is 4.74 Å². The molecule has 0 bridgehead atoms. The first-order valence-electron chi connectivity index (χ1n) is 3.10. The van der Waals surface area contributed by atoms with Gasteiger partial charge in [0.2, 0.25) is 5.88 Å². The molecule has 0 spiro atoms. The number of halogens is 2. The second kappa shape index (κ2) is 3.97. The van der Waals surface area contributed by atoms with Gasteiger partial charge in [-0.15, -0.1) is 0 Å². The van der Waals surface area contributed by atoms with Crippen molar-refractivity contribution in [1.82, 2.24) is 4.98 Å². The van der Waals surface area contributed by atoms with Crippen molar-refractivity contribution < 1.29 is 13.2 Å². The molecule has 0 N–H and O–H groups in total. The van der Waals surface area contributed by atoms with Gasteiger partial charge in [0, 0.05) is 20.4 Å². The molecule has 13 heavy (non-hydrogen) atoms. The van der Waals surface area contributed by atoms with Crippen molar-refractivity contribution in [3.63, 3.8) is 0 Å². The molecule has 1 aromatic heterocycles. The van der Waals surface area contributed by atoms with Crippen LogP contribution < -0.4 is 4.74 Å². The predicted molar refractivity (Wildman–Crippen MR) is 56.5 cm³/mol. The number of aromatic nitrogens is 1. The average molecular weight is 334 g/mol. The molecular formula is C6H5ClINO3S. The molecule has 0 aliphatic rings. The number of pyridine rings is 1. The maximum atomic E-state index is 11.1. The number of nitrogens with zero attached hydrogens (tertiary/aromatic N) is 1. The molecular weight excluding hydrogens is 328 g/mol. The van der Waals surface area contributed by atoms with Gasteiger partial charge in [0.05, 0.1) is 7.11 Å². The maximum absolute atomic E-state index is 11.1. The molecule has 0 saturated heterocycles. The van der Waals surface area contributed by atoms with Crippen molar-refractivity contribution in [3.05, 3.63) is 15.8 Å². The summed E-state index contributed by atoms with van der Waals surface area (Å²) < 4.78 is 27.4. The van der Waals surface area contributed by atoms with E-state index in [-0.39, 0.29) is 10.8 Å². The highest BCUT2D eigenvalue weighted by Gasteiger charge is 2.21. The molecule has 0 amide bonds. The summed E-state index contributed by atoms with van der Waals surface area (Å²) >= 11 is 1.85. The lowest BCUT2D eigenvalue weighted by Gasteiger charge is -2.04. The van der Waals surface area contributed by atoms with Crippen molar-refractivity contribution in [2.24, 2.45) is 0 Å².